The second-order valence-corrected chi connectivity index (χ2v) is 2.29. The van der Waals surface area contributed by atoms with Gasteiger partial charge in [-0.05, 0) is 0 Å². The van der Waals surface area contributed by atoms with Crippen LogP contribution in [0.5, 0.6) is 11.8 Å². The van der Waals surface area contributed by atoms with Crippen LogP contribution in [-0.2, 0) is 4.79 Å². The normalized spacial score (nSPS) is 10.0. The molecule has 0 aromatic carbocycles. The maximum Gasteiger partial charge on any atom is 0.388 e. The molecule has 0 bridgehead atoms. The highest BCUT2D eigenvalue weighted by Crippen LogP contribution is 2.15. The minimum absolute atomic E-state index is 0.0735. The lowest BCUT2D eigenvalue weighted by Gasteiger charge is -2.04. The van der Waals surface area contributed by atoms with Crippen LogP contribution >= 0.6 is 0 Å². The molecule has 0 aliphatic heterocycles. The number of rotatable bonds is 3. The average molecular weight is 203 g/mol. The van der Waals surface area contributed by atoms with E-state index in [2.05, 4.69) is 14.5 Å². The standard InChI is InChI=1S/C8H7F2NO3/c1-5(12)13-6-3-2-4-7(11-6)14-8(9)10/h2-4,8H,1H3. The predicted molar refractivity (Wildman–Crippen MR) is 42.2 cm³/mol. The first-order valence-corrected chi connectivity index (χ1v) is 3.68. The third kappa shape index (κ3) is 3.34. The summed E-state index contributed by atoms with van der Waals surface area (Å²) in [6, 6.07) is 3.99. The van der Waals surface area contributed by atoms with Crippen molar-refractivity contribution in [3.63, 3.8) is 0 Å². The molecule has 1 aromatic heterocycles. The van der Waals surface area contributed by atoms with E-state index in [0.717, 1.165) is 0 Å². The quantitative estimate of drug-likeness (QED) is 0.700. The van der Waals surface area contributed by atoms with Gasteiger partial charge in [0.05, 0.1) is 0 Å². The topological polar surface area (TPSA) is 48.4 Å². The highest BCUT2D eigenvalue weighted by atomic mass is 19.3. The number of nitrogens with zero attached hydrogens (tertiary/aromatic N) is 1. The molecule has 4 nitrogen and oxygen atoms in total. The number of ether oxygens (including phenoxy) is 2. The summed E-state index contributed by atoms with van der Waals surface area (Å²) in [5.41, 5.74) is 0. The minimum Gasteiger partial charge on any atom is -0.417 e. The Morgan fingerprint density at radius 3 is 2.64 bits per heavy atom. The number of halogens is 2. The predicted octanol–water partition coefficient (Wildman–Crippen LogP) is 1.61. The van der Waals surface area contributed by atoms with E-state index in [0.29, 0.717) is 0 Å². The first-order valence-electron chi connectivity index (χ1n) is 3.68. The van der Waals surface area contributed by atoms with Crippen molar-refractivity contribution >= 4 is 5.97 Å². The molecule has 0 spiro atoms. The van der Waals surface area contributed by atoms with Crippen molar-refractivity contribution in [1.29, 1.82) is 0 Å². The van der Waals surface area contributed by atoms with Gasteiger partial charge < -0.3 is 9.47 Å². The lowest BCUT2D eigenvalue weighted by molar-refractivity contribution is -0.132. The van der Waals surface area contributed by atoms with Crippen LogP contribution in [-0.4, -0.2) is 17.6 Å². The smallest absolute Gasteiger partial charge is 0.388 e. The number of pyridine rings is 1. The van der Waals surface area contributed by atoms with Crippen LogP contribution in [0.25, 0.3) is 0 Å². The molecule has 0 unspecified atom stereocenters. The number of esters is 1. The number of hydrogen-bond acceptors (Lipinski definition) is 4. The zero-order valence-corrected chi connectivity index (χ0v) is 7.24. The monoisotopic (exact) mass is 203 g/mol. The van der Waals surface area contributed by atoms with E-state index in [1.165, 1.54) is 25.1 Å². The Hall–Kier alpha value is -1.72. The Bertz CT molecular complexity index is 330. The maximum atomic E-state index is 11.7. The second kappa shape index (κ2) is 4.50. The van der Waals surface area contributed by atoms with Gasteiger partial charge >= 0.3 is 12.6 Å². The fourth-order valence-corrected chi connectivity index (χ4v) is 0.757. The van der Waals surface area contributed by atoms with Gasteiger partial charge in [0.1, 0.15) is 0 Å². The van der Waals surface area contributed by atoms with Crippen molar-refractivity contribution in [3.8, 4) is 11.8 Å². The van der Waals surface area contributed by atoms with Crippen molar-refractivity contribution in [2.75, 3.05) is 0 Å². The molecule has 1 aromatic rings. The third-order valence-electron chi connectivity index (χ3n) is 1.16. The van der Waals surface area contributed by atoms with Gasteiger partial charge in [-0.2, -0.15) is 13.8 Å². The van der Waals surface area contributed by atoms with Crippen LogP contribution in [0, 0.1) is 0 Å². The van der Waals surface area contributed by atoms with Gasteiger partial charge in [-0.25, -0.2) is 0 Å². The zero-order valence-electron chi connectivity index (χ0n) is 7.24. The van der Waals surface area contributed by atoms with Crippen molar-refractivity contribution in [2.24, 2.45) is 0 Å². The molecule has 0 fully saturated rings. The summed E-state index contributed by atoms with van der Waals surface area (Å²) in [7, 11) is 0. The van der Waals surface area contributed by atoms with Crippen LogP contribution in [0.3, 0.4) is 0 Å². The Balaban J connectivity index is 2.73. The summed E-state index contributed by atoms with van der Waals surface area (Å²) in [5, 5.41) is 0. The van der Waals surface area contributed by atoms with Crippen LogP contribution < -0.4 is 9.47 Å². The average Bonchev–Trinajstić information content (AvgIpc) is 2.01. The van der Waals surface area contributed by atoms with E-state index in [1.54, 1.807) is 0 Å². The van der Waals surface area contributed by atoms with Gasteiger partial charge in [0.15, 0.2) is 0 Å². The highest BCUT2D eigenvalue weighted by molar-refractivity contribution is 5.68. The van der Waals surface area contributed by atoms with Gasteiger partial charge in [-0.1, -0.05) is 6.07 Å². The van der Waals surface area contributed by atoms with Crippen molar-refractivity contribution in [3.05, 3.63) is 18.2 Å². The van der Waals surface area contributed by atoms with Crippen LogP contribution in [0.15, 0.2) is 18.2 Å². The Kier molecular flexibility index (Phi) is 3.33. The Morgan fingerprint density at radius 2 is 2.07 bits per heavy atom. The van der Waals surface area contributed by atoms with E-state index >= 15 is 0 Å². The maximum absolute atomic E-state index is 11.7. The number of hydrogen-bond donors (Lipinski definition) is 0. The van der Waals surface area contributed by atoms with Gasteiger partial charge in [-0.15, -0.1) is 0 Å². The summed E-state index contributed by atoms with van der Waals surface area (Å²) in [6.45, 7) is -1.77. The number of carbonyl (C=O) groups excluding carboxylic acids is 1. The second-order valence-electron chi connectivity index (χ2n) is 2.29. The first-order chi connectivity index (χ1) is 6.58. The summed E-state index contributed by atoms with van der Waals surface area (Å²) in [4.78, 5) is 14.0. The first kappa shape index (κ1) is 10.4. The van der Waals surface area contributed by atoms with Crippen molar-refractivity contribution in [1.82, 2.24) is 4.98 Å². The summed E-state index contributed by atoms with van der Waals surface area (Å²) in [5.74, 6) is -0.943. The number of aromatic nitrogens is 1. The summed E-state index contributed by atoms with van der Waals surface area (Å²) >= 11 is 0. The van der Waals surface area contributed by atoms with Gasteiger partial charge in [0.25, 0.3) is 0 Å². The molecule has 0 atom stereocenters. The van der Waals surface area contributed by atoms with E-state index < -0.39 is 12.6 Å². The molecule has 0 aliphatic rings. The van der Waals surface area contributed by atoms with Crippen LogP contribution in [0.2, 0.25) is 0 Å². The largest absolute Gasteiger partial charge is 0.417 e. The number of carbonyl (C=O) groups is 1. The Labute approximate surface area is 78.5 Å². The lowest BCUT2D eigenvalue weighted by Crippen LogP contribution is -2.06. The molecule has 0 N–H and O–H groups in total. The number of alkyl halides is 2. The zero-order chi connectivity index (χ0) is 10.6. The van der Waals surface area contributed by atoms with Gasteiger partial charge in [-0.3, -0.25) is 4.79 Å². The molecular formula is C8H7F2NO3. The van der Waals surface area contributed by atoms with Gasteiger partial charge in [0, 0.05) is 19.1 Å². The SMILES string of the molecule is CC(=O)Oc1cccc(OC(F)F)n1. The summed E-state index contributed by atoms with van der Waals surface area (Å²) < 4.78 is 32.1. The highest BCUT2D eigenvalue weighted by Gasteiger charge is 2.07. The van der Waals surface area contributed by atoms with Crippen LogP contribution in [0.4, 0.5) is 8.78 Å². The molecular weight excluding hydrogens is 196 g/mol. The van der Waals surface area contributed by atoms with Crippen molar-refractivity contribution in [2.45, 2.75) is 13.5 Å². The molecule has 0 aliphatic carbocycles. The fourth-order valence-electron chi connectivity index (χ4n) is 0.757. The Morgan fingerprint density at radius 1 is 1.43 bits per heavy atom. The van der Waals surface area contributed by atoms with E-state index in [1.807, 2.05) is 0 Å². The molecule has 6 heteroatoms. The van der Waals surface area contributed by atoms with Crippen molar-refractivity contribution < 1.29 is 23.0 Å². The summed E-state index contributed by atoms with van der Waals surface area (Å²) in [6.07, 6.45) is 0. The van der Waals surface area contributed by atoms with E-state index in [9.17, 15) is 13.6 Å². The van der Waals surface area contributed by atoms with Gasteiger partial charge in [0.2, 0.25) is 11.8 Å². The fraction of sp³-hybridized carbons (Fsp3) is 0.250. The molecule has 0 amide bonds. The lowest BCUT2D eigenvalue weighted by atomic mass is 10.5. The molecule has 1 rings (SSSR count). The van der Waals surface area contributed by atoms with E-state index in [-0.39, 0.29) is 11.8 Å². The molecule has 0 radical (unpaired) electrons. The molecule has 1 heterocycles. The van der Waals surface area contributed by atoms with E-state index in [4.69, 9.17) is 0 Å². The molecule has 0 saturated carbocycles. The van der Waals surface area contributed by atoms with Crippen LogP contribution in [0.1, 0.15) is 6.92 Å². The third-order valence-corrected chi connectivity index (χ3v) is 1.16. The molecule has 14 heavy (non-hydrogen) atoms. The minimum atomic E-state index is -2.95. The molecule has 0 saturated heterocycles. The molecule has 76 valence electrons.